The number of ether oxygens (including phenoxy) is 2. The summed E-state index contributed by atoms with van der Waals surface area (Å²) in [5.41, 5.74) is 3.44. The number of anilines is 1. The third kappa shape index (κ3) is 6.87. The molecule has 0 unspecified atom stereocenters. The van der Waals surface area contributed by atoms with Gasteiger partial charge in [0.15, 0.2) is 6.29 Å². The maximum absolute atomic E-state index is 11.6. The van der Waals surface area contributed by atoms with Gasteiger partial charge in [0.2, 0.25) is 5.91 Å². The zero-order chi connectivity index (χ0) is 27.4. The third-order valence-corrected chi connectivity index (χ3v) is 7.87. The smallest absolute Gasteiger partial charge is 0.221 e. The summed E-state index contributed by atoms with van der Waals surface area (Å²) in [6.45, 7) is 3.69. The molecule has 3 atom stereocenters. The molecule has 2 aliphatic heterocycles. The number of hydrogen-bond donors (Lipinski definition) is 3. The largest absolute Gasteiger partial charge is 0.392 e. The summed E-state index contributed by atoms with van der Waals surface area (Å²) in [4.78, 5) is 13.9. The molecule has 0 saturated carbocycles. The Kier molecular flexibility index (Phi) is 8.67. The first-order chi connectivity index (χ1) is 18.8. The molecular weight excluding hydrogens is 516 g/mol. The van der Waals surface area contributed by atoms with Gasteiger partial charge < -0.3 is 29.9 Å². The van der Waals surface area contributed by atoms with Crippen LogP contribution in [0.1, 0.15) is 60.8 Å². The topological polar surface area (TPSA) is 91.3 Å². The van der Waals surface area contributed by atoms with Crippen LogP contribution in [0, 0.1) is 0 Å². The molecule has 0 spiro atoms. The minimum atomic E-state index is -0.860. The molecule has 39 heavy (non-hydrogen) atoms. The number of hydrogen-bond acceptors (Lipinski definition) is 6. The molecular formula is C31H35ClN2O5. The van der Waals surface area contributed by atoms with Gasteiger partial charge in [0.05, 0.1) is 24.4 Å². The number of likely N-dealkylation sites (tertiary alicyclic amines) is 1. The fourth-order valence-electron chi connectivity index (χ4n) is 5.44. The van der Waals surface area contributed by atoms with Crippen molar-refractivity contribution in [1.29, 1.82) is 0 Å². The second-order valence-corrected chi connectivity index (χ2v) is 10.9. The molecule has 7 nitrogen and oxygen atoms in total. The molecule has 0 aliphatic carbocycles. The van der Waals surface area contributed by atoms with E-state index in [2.05, 4.69) is 10.2 Å². The number of aliphatic hydroxyl groups excluding tert-OH is 1. The second-order valence-electron chi connectivity index (χ2n) is 10.5. The van der Waals surface area contributed by atoms with Crippen molar-refractivity contribution < 1.29 is 24.5 Å². The van der Waals surface area contributed by atoms with Crippen molar-refractivity contribution >= 4 is 23.2 Å². The zero-order valence-corrected chi connectivity index (χ0v) is 22.8. The van der Waals surface area contributed by atoms with E-state index in [9.17, 15) is 15.0 Å². The molecule has 8 heteroatoms. The summed E-state index contributed by atoms with van der Waals surface area (Å²) in [5.74, 6) is -0.138. The number of nitrogens with one attached hydrogen (secondary N) is 1. The Morgan fingerprint density at radius 3 is 2.41 bits per heavy atom. The maximum Gasteiger partial charge on any atom is 0.221 e. The van der Waals surface area contributed by atoms with E-state index in [0.29, 0.717) is 36.5 Å². The lowest BCUT2D eigenvalue weighted by atomic mass is 9.84. The van der Waals surface area contributed by atoms with Crippen molar-refractivity contribution in [3.63, 3.8) is 0 Å². The van der Waals surface area contributed by atoms with E-state index in [0.717, 1.165) is 35.3 Å². The van der Waals surface area contributed by atoms with Gasteiger partial charge in [0.25, 0.3) is 0 Å². The summed E-state index contributed by atoms with van der Waals surface area (Å²) in [7, 11) is 0. The van der Waals surface area contributed by atoms with Crippen LogP contribution in [-0.2, 0) is 26.5 Å². The van der Waals surface area contributed by atoms with E-state index in [4.69, 9.17) is 21.1 Å². The lowest BCUT2D eigenvalue weighted by Crippen LogP contribution is -2.46. The lowest BCUT2D eigenvalue weighted by molar-refractivity contribution is -0.253. The van der Waals surface area contributed by atoms with Gasteiger partial charge in [-0.25, -0.2) is 0 Å². The van der Waals surface area contributed by atoms with Crippen molar-refractivity contribution in [2.45, 2.75) is 56.9 Å². The number of amides is 1. The van der Waals surface area contributed by atoms with Gasteiger partial charge in [0.1, 0.15) is 0 Å². The van der Waals surface area contributed by atoms with E-state index in [1.165, 1.54) is 6.92 Å². The highest BCUT2D eigenvalue weighted by Gasteiger charge is 2.37. The number of aliphatic hydroxyl groups is 2. The number of piperidine rings is 1. The Morgan fingerprint density at radius 1 is 1.03 bits per heavy atom. The average molecular weight is 551 g/mol. The maximum atomic E-state index is 11.6. The molecule has 0 radical (unpaired) electrons. The van der Waals surface area contributed by atoms with Crippen molar-refractivity contribution in [3.05, 3.63) is 100 Å². The van der Waals surface area contributed by atoms with Crippen LogP contribution in [0.4, 0.5) is 5.69 Å². The first-order valence-electron chi connectivity index (χ1n) is 13.4. The average Bonchev–Trinajstić information content (AvgIpc) is 2.94. The van der Waals surface area contributed by atoms with Crippen molar-refractivity contribution in [1.82, 2.24) is 4.90 Å². The highest BCUT2D eigenvalue weighted by Crippen LogP contribution is 2.40. The van der Waals surface area contributed by atoms with Crippen LogP contribution in [0.2, 0.25) is 5.02 Å². The summed E-state index contributed by atoms with van der Waals surface area (Å²) in [6, 6.07) is 22.8. The summed E-state index contributed by atoms with van der Waals surface area (Å²) >= 11 is 6.04. The number of rotatable bonds is 7. The molecule has 206 valence electrons. The van der Waals surface area contributed by atoms with Crippen LogP contribution in [0.5, 0.6) is 0 Å². The number of halogens is 1. The quantitative estimate of drug-likeness (QED) is 0.369. The zero-order valence-electron chi connectivity index (χ0n) is 22.1. The molecule has 0 aromatic heterocycles. The number of carbonyl (C=O) groups excluding carboxylic acids is 1. The van der Waals surface area contributed by atoms with Crippen LogP contribution in [-0.4, -0.2) is 46.8 Å². The van der Waals surface area contributed by atoms with Crippen LogP contribution >= 0.6 is 11.6 Å². The monoisotopic (exact) mass is 550 g/mol. The van der Waals surface area contributed by atoms with Crippen LogP contribution in [0.25, 0.3) is 0 Å². The van der Waals surface area contributed by atoms with E-state index in [1.807, 2.05) is 72.8 Å². The van der Waals surface area contributed by atoms with E-state index < -0.39 is 11.9 Å². The molecule has 1 amide bonds. The van der Waals surface area contributed by atoms with Crippen molar-refractivity contribution in [2.24, 2.45) is 0 Å². The molecule has 0 bridgehead atoms. The first kappa shape index (κ1) is 27.8. The lowest BCUT2D eigenvalue weighted by Gasteiger charge is -2.42. The summed E-state index contributed by atoms with van der Waals surface area (Å²) in [5, 5.41) is 24.2. The highest BCUT2D eigenvalue weighted by atomic mass is 35.5. The summed E-state index contributed by atoms with van der Waals surface area (Å²) in [6.07, 6.45) is 1.05. The predicted octanol–water partition coefficient (Wildman–Crippen LogP) is 5.32. The van der Waals surface area contributed by atoms with Gasteiger partial charge in [-0.1, -0.05) is 60.1 Å². The normalized spacial score (nSPS) is 23.3. The molecule has 5 rings (SSSR count). The van der Waals surface area contributed by atoms with Gasteiger partial charge in [0, 0.05) is 49.3 Å². The fraction of sp³-hybridized carbons (Fsp3) is 0.387. The van der Waals surface area contributed by atoms with Gasteiger partial charge in [-0.3, -0.25) is 4.79 Å². The molecule has 2 heterocycles. The molecule has 3 aromatic rings. The fourth-order valence-corrected chi connectivity index (χ4v) is 5.57. The molecule has 2 fully saturated rings. The Labute approximate surface area is 234 Å². The number of carbonyl (C=O) groups is 1. The highest BCUT2D eigenvalue weighted by molar-refractivity contribution is 6.30. The molecule has 3 N–H and O–H groups in total. The third-order valence-electron chi connectivity index (χ3n) is 7.62. The van der Waals surface area contributed by atoms with Gasteiger partial charge in [-0.05, 0) is 53.8 Å². The van der Waals surface area contributed by atoms with Crippen molar-refractivity contribution in [3.8, 4) is 0 Å². The minimum absolute atomic E-state index is 0.00651. The van der Waals surface area contributed by atoms with Crippen LogP contribution in [0.3, 0.4) is 0 Å². The van der Waals surface area contributed by atoms with E-state index in [1.54, 1.807) is 0 Å². The van der Waals surface area contributed by atoms with Gasteiger partial charge in [-0.2, -0.15) is 0 Å². The standard InChI is InChI=1S/C31H35ClN2O5/c1-21(36)33-27-4-2-3-24(17-27)30-38-28(18-29(39-30)23-7-5-22(20-35)6-8-23)19-34-15-13-31(37,14-16-34)25-9-11-26(32)12-10-25/h2-12,17,28-30,35,37H,13-16,18-20H2,1H3,(H,33,36)/t28-,29+,30+/m0/s1. The van der Waals surface area contributed by atoms with E-state index in [-0.39, 0.29) is 24.7 Å². The molecule has 2 saturated heterocycles. The second kappa shape index (κ2) is 12.2. The Hall–Kier alpha value is -2.78. The minimum Gasteiger partial charge on any atom is -0.392 e. The van der Waals surface area contributed by atoms with Crippen LogP contribution in [0.15, 0.2) is 72.8 Å². The number of benzene rings is 3. The first-order valence-corrected chi connectivity index (χ1v) is 13.8. The summed E-state index contributed by atoms with van der Waals surface area (Å²) < 4.78 is 12.9. The predicted molar refractivity (Wildman–Crippen MR) is 150 cm³/mol. The van der Waals surface area contributed by atoms with Gasteiger partial charge >= 0.3 is 0 Å². The molecule has 3 aromatic carbocycles. The SMILES string of the molecule is CC(=O)Nc1cccc([C@@H]2O[C@H](CN3CCC(O)(c4ccc(Cl)cc4)CC3)C[C@H](c3ccc(CO)cc3)O2)c1. The Morgan fingerprint density at radius 2 is 1.74 bits per heavy atom. The molecule has 2 aliphatic rings. The van der Waals surface area contributed by atoms with Crippen LogP contribution < -0.4 is 5.32 Å². The van der Waals surface area contributed by atoms with Crippen molar-refractivity contribution in [2.75, 3.05) is 25.0 Å². The Balaban J connectivity index is 1.31. The van der Waals surface area contributed by atoms with Gasteiger partial charge in [-0.15, -0.1) is 0 Å². The Bertz CT molecular complexity index is 1260. The van der Waals surface area contributed by atoms with E-state index >= 15 is 0 Å². The number of nitrogens with zero attached hydrogens (tertiary/aromatic N) is 1.